The van der Waals surface area contributed by atoms with Gasteiger partial charge in [0.15, 0.2) is 5.13 Å². The molecular weight excluding hydrogens is 318 g/mol. The lowest BCUT2D eigenvalue weighted by atomic mass is 10.2. The summed E-state index contributed by atoms with van der Waals surface area (Å²) in [6.45, 7) is 1.79. The molecule has 1 N–H and O–H groups in total. The Kier molecular flexibility index (Phi) is 3.54. The van der Waals surface area contributed by atoms with Gasteiger partial charge in [-0.05, 0) is 28.8 Å². The largest absolute Gasteiger partial charge is 0.377 e. The minimum absolute atomic E-state index is 0.0588. The van der Waals surface area contributed by atoms with Gasteiger partial charge in [-0.25, -0.2) is 4.98 Å². The molecule has 0 bridgehead atoms. The summed E-state index contributed by atoms with van der Waals surface area (Å²) in [5.41, 5.74) is 0. The second kappa shape index (κ2) is 5.14. The number of morpholine rings is 1. The van der Waals surface area contributed by atoms with E-state index >= 15 is 0 Å². The Hall–Kier alpha value is -0.660. The van der Waals surface area contributed by atoms with Crippen LogP contribution in [0, 0.1) is 0 Å². The third-order valence-electron chi connectivity index (χ3n) is 3.06. The lowest BCUT2D eigenvalue weighted by Gasteiger charge is -2.34. The zero-order valence-electron chi connectivity index (χ0n) is 9.76. The van der Waals surface area contributed by atoms with Crippen molar-refractivity contribution in [1.82, 2.24) is 10.3 Å². The quantitative estimate of drug-likeness (QED) is 0.909. The van der Waals surface area contributed by atoms with Gasteiger partial charge in [0.1, 0.15) is 10.6 Å². The summed E-state index contributed by atoms with van der Waals surface area (Å²) in [6.07, 6.45) is 2.20. The van der Waals surface area contributed by atoms with Crippen LogP contribution in [0.1, 0.15) is 12.8 Å². The van der Waals surface area contributed by atoms with E-state index in [0.29, 0.717) is 25.8 Å². The third kappa shape index (κ3) is 2.67. The molecule has 5 nitrogen and oxygen atoms in total. The molecule has 1 saturated heterocycles. The van der Waals surface area contributed by atoms with Gasteiger partial charge in [-0.1, -0.05) is 0 Å². The van der Waals surface area contributed by atoms with E-state index in [4.69, 9.17) is 4.74 Å². The fourth-order valence-corrected chi connectivity index (χ4v) is 3.28. The Morgan fingerprint density at radius 3 is 3.11 bits per heavy atom. The van der Waals surface area contributed by atoms with Gasteiger partial charge in [-0.3, -0.25) is 4.79 Å². The topological polar surface area (TPSA) is 54.5 Å². The van der Waals surface area contributed by atoms with Crippen LogP contribution in [0.3, 0.4) is 0 Å². The number of amides is 1. The van der Waals surface area contributed by atoms with Crippen LogP contribution in [-0.4, -0.2) is 42.7 Å². The van der Waals surface area contributed by atoms with Crippen LogP contribution in [0.15, 0.2) is 9.98 Å². The molecule has 1 aliphatic carbocycles. The maximum absolute atomic E-state index is 12.2. The normalized spacial score (nSPS) is 24.1. The number of nitrogens with one attached hydrogen (secondary N) is 1. The first kappa shape index (κ1) is 12.4. The highest BCUT2D eigenvalue weighted by Gasteiger charge is 2.34. The van der Waals surface area contributed by atoms with Crippen LogP contribution in [0.5, 0.6) is 0 Å². The van der Waals surface area contributed by atoms with Gasteiger partial charge in [0.05, 0.1) is 13.2 Å². The number of hydrogen-bond acceptors (Lipinski definition) is 5. The first-order valence-electron chi connectivity index (χ1n) is 6.00. The number of rotatable bonds is 3. The molecule has 1 unspecified atom stereocenters. The van der Waals surface area contributed by atoms with Crippen molar-refractivity contribution in [3.63, 3.8) is 0 Å². The molecule has 1 aromatic rings. The van der Waals surface area contributed by atoms with Crippen molar-refractivity contribution in [1.29, 1.82) is 0 Å². The SMILES string of the molecule is O=C(NC1CC1)C1COCCN1c1nc(Br)cs1. The molecule has 2 fully saturated rings. The van der Waals surface area contributed by atoms with E-state index in [9.17, 15) is 4.79 Å². The molecule has 2 aliphatic rings. The van der Waals surface area contributed by atoms with Crippen molar-refractivity contribution in [2.24, 2.45) is 0 Å². The Morgan fingerprint density at radius 2 is 2.44 bits per heavy atom. The first-order valence-corrected chi connectivity index (χ1v) is 7.67. The Labute approximate surface area is 118 Å². The van der Waals surface area contributed by atoms with Gasteiger partial charge in [0.2, 0.25) is 5.91 Å². The molecule has 2 heterocycles. The summed E-state index contributed by atoms with van der Waals surface area (Å²) >= 11 is 4.89. The minimum Gasteiger partial charge on any atom is -0.377 e. The van der Waals surface area contributed by atoms with Gasteiger partial charge in [0, 0.05) is 18.0 Å². The standard InChI is InChI=1S/C11H14BrN3O2S/c12-9-6-18-11(14-9)15-3-4-17-5-8(15)10(16)13-7-1-2-7/h6-8H,1-5H2,(H,13,16). The van der Waals surface area contributed by atoms with Gasteiger partial charge < -0.3 is 15.0 Å². The predicted molar refractivity (Wildman–Crippen MR) is 72.9 cm³/mol. The molecule has 0 aromatic carbocycles. The number of halogens is 1. The van der Waals surface area contributed by atoms with Gasteiger partial charge in [0.25, 0.3) is 0 Å². The molecule has 0 spiro atoms. The van der Waals surface area contributed by atoms with Gasteiger partial charge in [-0.2, -0.15) is 0 Å². The molecule has 1 aromatic heterocycles. The van der Waals surface area contributed by atoms with Crippen LogP contribution in [0.4, 0.5) is 5.13 Å². The molecule has 3 rings (SSSR count). The van der Waals surface area contributed by atoms with E-state index in [-0.39, 0.29) is 11.9 Å². The first-order chi connectivity index (χ1) is 8.74. The van der Waals surface area contributed by atoms with Crippen molar-refractivity contribution in [3.05, 3.63) is 9.98 Å². The average Bonchev–Trinajstić information content (AvgIpc) is 3.08. The van der Waals surface area contributed by atoms with Crippen molar-refractivity contribution < 1.29 is 9.53 Å². The molecule has 18 heavy (non-hydrogen) atoms. The number of ether oxygens (including phenoxy) is 1. The van der Waals surface area contributed by atoms with Crippen LogP contribution in [0.2, 0.25) is 0 Å². The van der Waals surface area contributed by atoms with E-state index < -0.39 is 0 Å². The fourth-order valence-electron chi connectivity index (χ4n) is 1.95. The maximum Gasteiger partial charge on any atom is 0.245 e. The van der Waals surface area contributed by atoms with Gasteiger partial charge in [-0.15, -0.1) is 11.3 Å². The van der Waals surface area contributed by atoms with Crippen LogP contribution in [0.25, 0.3) is 0 Å². The van der Waals surface area contributed by atoms with Crippen LogP contribution >= 0.6 is 27.3 Å². The van der Waals surface area contributed by atoms with Crippen molar-refractivity contribution in [3.8, 4) is 0 Å². The third-order valence-corrected chi connectivity index (χ3v) is 4.65. The van der Waals surface area contributed by atoms with E-state index in [1.165, 1.54) is 0 Å². The molecular formula is C11H14BrN3O2S. The summed E-state index contributed by atoms with van der Waals surface area (Å²) in [7, 11) is 0. The number of carbonyl (C=O) groups is 1. The zero-order chi connectivity index (χ0) is 12.5. The van der Waals surface area contributed by atoms with Crippen molar-refractivity contribution >= 4 is 38.3 Å². The Morgan fingerprint density at radius 1 is 1.61 bits per heavy atom. The summed E-state index contributed by atoms with van der Waals surface area (Å²) in [5.74, 6) is 0.0588. The van der Waals surface area contributed by atoms with E-state index in [0.717, 1.165) is 22.6 Å². The van der Waals surface area contributed by atoms with Crippen LogP contribution in [-0.2, 0) is 9.53 Å². The predicted octanol–water partition coefficient (Wildman–Crippen LogP) is 1.39. The number of thiazole rings is 1. The van der Waals surface area contributed by atoms with Crippen LogP contribution < -0.4 is 10.2 Å². The molecule has 7 heteroatoms. The summed E-state index contributed by atoms with van der Waals surface area (Å²) in [5, 5.41) is 5.84. The summed E-state index contributed by atoms with van der Waals surface area (Å²) in [4.78, 5) is 18.6. The number of nitrogens with zero attached hydrogens (tertiary/aromatic N) is 2. The Bertz CT molecular complexity index is 449. The molecule has 1 amide bonds. The molecule has 98 valence electrons. The molecule has 1 atom stereocenters. The van der Waals surface area contributed by atoms with E-state index in [1.54, 1.807) is 11.3 Å². The Balaban J connectivity index is 1.74. The zero-order valence-corrected chi connectivity index (χ0v) is 12.2. The smallest absolute Gasteiger partial charge is 0.245 e. The second-order valence-electron chi connectivity index (χ2n) is 4.52. The van der Waals surface area contributed by atoms with Crippen molar-refractivity contribution in [2.75, 3.05) is 24.7 Å². The van der Waals surface area contributed by atoms with E-state index in [2.05, 4.69) is 26.2 Å². The second-order valence-corrected chi connectivity index (χ2v) is 6.17. The number of carbonyl (C=O) groups excluding carboxylic acids is 1. The number of hydrogen-bond donors (Lipinski definition) is 1. The highest BCUT2D eigenvalue weighted by atomic mass is 79.9. The number of aromatic nitrogens is 1. The lowest BCUT2D eigenvalue weighted by Crippen LogP contribution is -2.54. The monoisotopic (exact) mass is 331 g/mol. The van der Waals surface area contributed by atoms with E-state index in [1.807, 2.05) is 10.3 Å². The minimum atomic E-state index is -0.252. The maximum atomic E-state index is 12.2. The number of anilines is 1. The molecule has 1 saturated carbocycles. The van der Waals surface area contributed by atoms with Gasteiger partial charge >= 0.3 is 0 Å². The highest BCUT2D eigenvalue weighted by Crippen LogP contribution is 2.27. The molecule has 1 aliphatic heterocycles. The molecule has 0 radical (unpaired) electrons. The van der Waals surface area contributed by atoms with Crippen molar-refractivity contribution in [2.45, 2.75) is 24.9 Å². The summed E-state index contributed by atoms with van der Waals surface area (Å²) < 4.78 is 6.24. The highest BCUT2D eigenvalue weighted by molar-refractivity contribution is 9.10. The fraction of sp³-hybridized carbons (Fsp3) is 0.636. The summed E-state index contributed by atoms with van der Waals surface area (Å²) in [6, 6.07) is 0.127. The lowest BCUT2D eigenvalue weighted by molar-refractivity contribution is -0.124. The average molecular weight is 332 g/mol.